The molecule has 234 valence electrons. The van der Waals surface area contributed by atoms with Gasteiger partial charge in [-0.3, -0.25) is 4.79 Å². The van der Waals surface area contributed by atoms with Crippen LogP contribution in [0.5, 0.6) is 5.75 Å². The third-order valence-electron chi connectivity index (χ3n) is 7.33. The van der Waals surface area contributed by atoms with E-state index in [4.69, 9.17) is 19.6 Å². The number of carbonyl (C=O) groups excluding carboxylic acids is 1. The van der Waals surface area contributed by atoms with Crippen LogP contribution in [-0.4, -0.2) is 35.7 Å². The van der Waals surface area contributed by atoms with Gasteiger partial charge in [-0.25, -0.2) is 4.99 Å². The molecule has 0 aliphatic carbocycles. The molecule has 1 heterocycles. The average molecular weight is 746 g/mol. The molecule has 45 heavy (non-hydrogen) atoms. The molecule has 11 heteroatoms. The Labute approximate surface area is 275 Å². The van der Waals surface area contributed by atoms with Crippen molar-refractivity contribution in [3.63, 3.8) is 0 Å². The second kappa shape index (κ2) is 14.2. The molecule has 0 bridgehead atoms. The maximum absolute atomic E-state index is 14.4. The van der Waals surface area contributed by atoms with Crippen LogP contribution >= 0.6 is 31.9 Å². The summed E-state index contributed by atoms with van der Waals surface area (Å²) in [5.74, 6) is 0.349. The Hall–Kier alpha value is -3.67. The van der Waals surface area contributed by atoms with E-state index >= 15 is 0 Å². The SMILES string of the molecule is O=C(NCc1cccc(C(F)(F)F)c1)[C@]1(Cc2ccccc2Br)N=C(c2ccc(OCCCO)cc2)O[C@@H]1c1ccc(Br)cc1. The third kappa shape index (κ3) is 7.77. The first kappa shape index (κ1) is 32.7. The number of amides is 1. The minimum absolute atomic E-state index is 0.0234. The molecule has 6 nitrogen and oxygen atoms in total. The molecule has 1 amide bonds. The number of carbonyl (C=O) groups is 1. The molecule has 2 N–H and O–H groups in total. The highest BCUT2D eigenvalue weighted by molar-refractivity contribution is 9.10. The number of ether oxygens (including phenoxy) is 2. The van der Waals surface area contributed by atoms with Crippen molar-refractivity contribution in [3.8, 4) is 5.75 Å². The minimum Gasteiger partial charge on any atom is -0.494 e. The van der Waals surface area contributed by atoms with Gasteiger partial charge in [-0.15, -0.1) is 0 Å². The summed E-state index contributed by atoms with van der Waals surface area (Å²) in [7, 11) is 0. The Morgan fingerprint density at radius 1 is 0.978 bits per heavy atom. The Morgan fingerprint density at radius 2 is 1.71 bits per heavy atom. The quantitative estimate of drug-likeness (QED) is 0.154. The third-order valence-corrected chi connectivity index (χ3v) is 8.63. The van der Waals surface area contributed by atoms with Crippen LogP contribution in [-0.2, 0) is 28.7 Å². The van der Waals surface area contributed by atoms with Gasteiger partial charge in [0.1, 0.15) is 5.75 Å². The summed E-state index contributed by atoms with van der Waals surface area (Å²) in [6.07, 6.45) is -4.74. The second-order valence-electron chi connectivity index (χ2n) is 10.5. The van der Waals surface area contributed by atoms with Gasteiger partial charge in [-0.1, -0.05) is 74.3 Å². The predicted molar refractivity (Wildman–Crippen MR) is 172 cm³/mol. The lowest BCUT2D eigenvalue weighted by Gasteiger charge is -2.31. The summed E-state index contributed by atoms with van der Waals surface area (Å²) in [5, 5.41) is 11.9. The van der Waals surface area contributed by atoms with Crippen molar-refractivity contribution < 1.29 is 32.5 Å². The Morgan fingerprint density at radius 3 is 2.40 bits per heavy atom. The first-order chi connectivity index (χ1) is 21.6. The van der Waals surface area contributed by atoms with Gasteiger partial charge in [-0.05, 0) is 71.3 Å². The van der Waals surface area contributed by atoms with Crippen LogP contribution in [0.15, 0.2) is 111 Å². The van der Waals surface area contributed by atoms with Crippen molar-refractivity contribution >= 4 is 43.7 Å². The number of benzene rings is 4. The lowest BCUT2D eigenvalue weighted by atomic mass is 9.82. The number of hydrogen-bond donors (Lipinski definition) is 2. The van der Waals surface area contributed by atoms with Crippen LogP contribution in [0.1, 0.15) is 40.3 Å². The van der Waals surface area contributed by atoms with E-state index in [-0.39, 0.29) is 25.5 Å². The zero-order chi connectivity index (χ0) is 32.0. The van der Waals surface area contributed by atoms with Gasteiger partial charge >= 0.3 is 6.18 Å². The molecular weight excluding hydrogens is 717 g/mol. The molecule has 0 spiro atoms. The fourth-order valence-corrected chi connectivity index (χ4v) is 5.73. The number of rotatable bonds is 11. The molecule has 0 saturated carbocycles. The molecule has 5 rings (SSSR count). The molecular formula is C34H29Br2F3N2O4. The topological polar surface area (TPSA) is 80.2 Å². The normalized spacial score (nSPS) is 17.8. The monoisotopic (exact) mass is 744 g/mol. The molecule has 0 aromatic heterocycles. The molecule has 0 radical (unpaired) electrons. The van der Waals surface area contributed by atoms with E-state index in [1.54, 1.807) is 24.3 Å². The summed E-state index contributed by atoms with van der Waals surface area (Å²) >= 11 is 7.06. The zero-order valence-corrected chi connectivity index (χ0v) is 27.0. The largest absolute Gasteiger partial charge is 0.494 e. The number of nitrogens with zero attached hydrogens (tertiary/aromatic N) is 1. The van der Waals surface area contributed by atoms with Crippen LogP contribution in [0, 0.1) is 0 Å². The molecule has 0 unspecified atom stereocenters. The Balaban J connectivity index is 1.55. The number of halogens is 5. The first-order valence-electron chi connectivity index (χ1n) is 14.1. The van der Waals surface area contributed by atoms with Crippen molar-refractivity contribution in [1.29, 1.82) is 0 Å². The molecule has 2 atom stereocenters. The van der Waals surface area contributed by atoms with Gasteiger partial charge in [0.25, 0.3) is 5.91 Å². The van der Waals surface area contributed by atoms with Gasteiger partial charge in [0, 0.05) is 40.5 Å². The fraction of sp³-hybridized carbons (Fsp3) is 0.235. The van der Waals surface area contributed by atoms with Crippen LogP contribution < -0.4 is 10.1 Å². The molecule has 0 fully saturated rings. The van der Waals surface area contributed by atoms with Crippen molar-refractivity contribution in [1.82, 2.24) is 5.32 Å². The maximum atomic E-state index is 14.4. The molecule has 1 aliphatic rings. The van der Waals surface area contributed by atoms with Crippen LogP contribution in [0.25, 0.3) is 0 Å². The lowest BCUT2D eigenvalue weighted by molar-refractivity contribution is -0.137. The number of aliphatic hydroxyl groups is 1. The minimum atomic E-state index is -4.51. The van der Waals surface area contributed by atoms with Crippen molar-refractivity contribution in [3.05, 3.63) is 134 Å². The highest BCUT2D eigenvalue weighted by Gasteiger charge is 2.53. The van der Waals surface area contributed by atoms with E-state index in [1.165, 1.54) is 12.1 Å². The Kier molecular flexibility index (Phi) is 10.3. The van der Waals surface area contributed by atoms with E-state index in [0.29, 0.717) is 35.5 Å². The van der Waals surface area contributed by atoms with E-state index in [1.807, 2.05) is 48.5 Å². The van der Waals surface area contributed by atoms with Crippen LogP contribution in [0.4, 0.5) is 13.2 Å². The molecule has 0 saturated heterocycles. The summed E-state index contributed by atoms with van der Waals surface area (Å²) < 4.78 is 53.9. The first-order valence-corrected chi connectivity index (χ1v) is 15.7. The highest BCUT2D eigenvalue weighted by Crippen LogP contribution is 2.43. The number of nitrogens with one attached hydrogen (secondary N) is 1. The van der Waals surface area contributed by atoms with Gasteiger partial charge < -0.3 is 19.9 Å². The summed E-state index contributed by atoms with van der Waals surface area (Å²) in [4.78, 5) is 19.4. The van der Waals surface area contributed by atoms with Gasteiger partial charge in [0.2, 0.25) is 5.90 Å². The standard InChI is InChI=1S/C34H29Br2F3N2O4/c35-27-13-9-23(10-14-27)30-33(20-25-6-1-2-8-29(25)36,32(43)40-21-22-5-3-7-26(19-22)34(37,38)39)41-31(45-30)24-11-15-28(16-12-24)44-18-4-17-42/h1-3,5-16,19,30,42H,4,17-18,20-21H2,(H,40,43)/t30-,33-/m1/s1. The molecule has 4 aromatic rings. The predicted octanol–water partition coefficient (Wildman–Crippen LogP) is 7.81. The van der Waals surface area contributed by atoms with Crippen LogP contribution in [0.3, 0.4) is 0 Å². The van der Waals surface area contributed by atoms with E-state index in [9.17, 15) is 18.0 Å². The smallest absolute Gasteiger partial charge is 0.416 e. The number of hydrogen-bond acceptors (Lipinski definition) is 5. The number of aliphatic hydroxyl groups excluding tert-OH is 1. The van der Waals surface area contributed by atoms with Gasteiger partial charge in [0.15, 0.2) is 11.6 Å². The van der Waals surface area contributed by atoms with Gasteiger partial charge in [0.05, 0.1) is 12.2 Å². The number of alkyl halides is 3. The van der Waals surface area contributed by atoms with Crippen molar-refractivity contribution in [2.45, 2.75) is 37.2 Å². The van der Waals surface area contributed by atoms with Crippen molar-refractivity contribution in [2.75, 3.05) is 13.2 Å². The number of aliphatic imine (C=N–C) groups is 1. The highest BCUT2D eigenvalue weighted by atomic mass is 79.9. The van der Waals surface area contributed by atoms with E-state index in [2.05, 4.69) is 37.2 Å². The second-order valence-corrected chi connectivity index (χ2v) is 12.3. The van der Waals surface area contributed by atoms with E-state index < -0.39 is 29.3 Å². The summed E-state index contributed by atoms with van der Waals surface area (Å²) in [6, 6.07) is 26.8. The van der Waals surface area contributed by atoms with E-state index in [0.717, 1.165) is 26.6 Å². The summed E-state index contributed by atoms with van der Waals surface area (Å²) in [6.45, 7) is 0.244. The van der Waals surface area contributed by atoms with Crippen molar-refractivity contribution in [2.24, 2.45) is 4.99 Å². The molecule has 1 aliphatic heterocycles. The lowest BCUT2D eigenvalue weighted by Crippen LogP contribution is -2.49. The fourth-order valence-electron chi connectivity index (χ4n) is 5.05. The summed E-state index contributed by atoms with van der Waals surface area (Å²) in [5.41, 5.74) is 0.0985. The zero-order valence-electron chi connectivity index (χ0n) is 23.9. The Bertz CT molecular complexity index is 1660. The van der Waals surface area contributed by atoms with Gasteiger partial charge in [-0.2, -0.15) is 13.2 Å². The average Bonchev–Trinajstić information content (AvgIpc) is 3.42. The molecule has 4 aromatic carbocycles. The maximum Gasteiger partial charge on any atom is 0.416 e. The van der Waals surface area contributed by atoms with Crippen LogP contribution in [0.2, 0.25) is 0 Å².